The fourth-order valence-electron chi connectivity index (χ4n) is 2.73. The Bertz CT molecular complexity index is 520. The maximum Gasteiger partial charge on any atom is 0.337 e. The van der Waals surface area contributed by atoms with Crippen molar-refractivity contribution in [3.63, 3.8) is 0 Å². The van der Waals surface area contributed by atoms with Gasteiger partial charge in [0.05, 0.1) is 25.4 Å². The molecule has 0 radical (unpaired) electrons. The van der Waals surface area contributed by atoms with Gasteiger partial charge in [-0.25, -0.2) is 9.59 Å². The molecule has 1 aliphatic heterocycles. The van der Waals surface area contributed by atoms with Crippen LogP contribution < -0.4 is 0 Å². The molecular formula is C12H14O7. The summed E-state index contributed by atoms with van der Waals surface area (Å²) in [5.41, 5.74) is -4.33. The van der Waals surface area contributed by atoms with E-state index in [1.165, 1.54) is 13.8 Å². The molecular weight excluding hydrogens is 256 g/mol. The summed E-state index contributed by atoms with van der Waals surface area (Å²) in [6, 6.07) is 0. The van der Waals surface area contributed by atoms with Gasteiger partial charge in [0.25, 0.3) is 0 Å². The Morgan fingerprint density at radius 3 is 2.16 bits per heavy atom. The minimum atomic E-state index is -2.16. The molecule has 0 spiro atoms. The molecule has 2 aliphatic rings. The molecule has 1 saturated heterocycles. The molecule has 1 aliphatic carbocycles. The van der Waals surface area contributed by atoms with Crippen LogP contribution in [0.4, 0.5) is 0 Å². The topological polar surface area (TPSA) is 99.1 Å². The van der Waals surface area contributed by atoms with Gasteiger partial charge in [-0.15, -0.1) is 0 Å². The predicted octanol–water partition coefficient (Wildman–Crippen LogP) is -0.880. The molecule has 19 heavy (non-hydrogen) atoms. The van der Waals surface area contributed by atoms with Crippen LogP contribution in [0.5, 0.6) is 0 Å². The number of ketones is 1. The Hall–Kier alpha value is -1.73. The van der Waals surface area contributed by atoms with Crippen LogP contribution in [0.15, 0.2) is 11.1 Å². The van der Waals surface area contributed by atoms with Gasteiger partial charge in [-0.3, -0.25) is 4.79 Å². The summed E-state index contributed by atoms with van der Waals surface area (Å²) in [6.07, 6.45) is -0.934. The molecule has 1 heterocycles. The molecule has 7 nitrogen and oxygen atoms in total. The third-order valence-corrected chi connectivity index (χ3v) is 3.70. The first kappa shape index (κ1) is 13.7. The maximum absolute atomic E-state index is 12.0. The van der Waals surface area contributed by atoms with Gasteiger partial charge in [0, 0.05) is 0 Å². The largest absolute Gasteiger partial charge is 0.466 e. The van der Waals surface area contributed by atoms with Crippen LogP contribution in [0.3, 0.4) is 0 Å². The summed E-state index contributed by atoms with van der Waals surface area (Å²) in [5.74, 6) is -2.47. The number of hydrogen-bond donors (Lipinski definition) is 1. The lowest BCUT2D eigenvalue weighted by Crippen LogP contribution is -2.67. The van der Waals surface area contributed by atoms with Crippen LogP contribution in [-0.4, -0.2) is 54.4 Å². The number of rotatable bonds is 2. The number of fused-ring (bicyclic) bond motifs is 1. The van der Waals surface area contributed by atoms with E-state index >= 15 is 0 Å². The molecule has 0 amide bonds. The zero-order chi connectivity index (χ0) is 14.6. The highest BCUT2D eigenvalue weighted by atomic mass is 16.6. The van der Waals surface area contributed by atoms with E-state index in [-0.39, 0.29) is 5.57 Å². The predicted molar refractivity (Wildman–Crippen MR) is 60.0 cm³/mol. The van der Waals surface area contributed by atoms with E-state index in [1.807, 2.05) is 0 Å². The summed E-state index contributed by atoms with van der Waals surface area (Å²) < 4.78 is 14.4. The fourth-order valence-corrected chi connectivity index (χ4v) is 2.73. The number of esters is 2. The van der Waals surface area contributed by atoms with Crippen LogP contribution in [0.2, 0.25) is 0 Å². The van der Waals surface area contributed by atoms with Gasteiger partial charge in [0.15, 0.2) is 5.60 Å². The lowest BCUT2D eigenvalue weighted by atomic mass is 9.60. The molecule has 1 unspecified atom stereocenters. The first-order valence-corrected chi connectivity index (χ1v) is 5.62. The van der Waals surface area contributed by atoms with Crippen molar-refractivity contribution in [2.75, 3.05) is 14.2 Å². The second kappa shape index (κ2) is 3.88. The fraction of sp³-hybridized carbons (Fsp3) is 0.583. The molecule has 7 heteroatoms. The van der Waals surface area contributed by atoms with Crippen LogP contribution in [0, 0.1) is 0 Å². The lowest BCUT2D eigenvalue weighted by molar-refractivity contribution is -0.162. The Morgan fingerprint density at radius 2 is 1.68 bits per heavy atom. The SMILES string of the molecule is COC(=O)C1=C(C(=O)OC)[C@@]2(C)OC(C)C(=O)[C@@]12O. The molecule has 3 atom stereocenters. The quantitative estimate of drug-likeness (QED) is 0.650. The highest BCUT2D eigenvalue weighted by Crippen LogP contribution is 2.56. The number of methoxy groups -OCH3 is 2. The average molecular weight is 270 g/mol. The molecule has 0 aromatic heterocycles. The zero-order valence-corrected chi connectivity index (χ0v) is 11.0. The highest BCUT2D eigenvalue weighted by Gasteiger charge is 2.76. The molecule has 104 valence electrons. The van der Waals surface area contributed by atoms with E-state index in [0.717, 1.165) is 14.2 Å². The Morgan fingerprint density at radius 1 is 1.21 bits per heavy atom. The van der Waals surface area contributed by atoms with Crippen molar-refractivity contribution in [2.24, 2.45) is 0 Å². The number of carbonyl (C=O) groups excluding carboxylic acids is 3. The van der Waals surface area contributed by atoms with E-state index in [2.05, 4.69) is 9.47 Å². The number of hydrogen-bond acceptors (Lipinski definition) is 7. The zero-order valence-electron chi connectivity index (χ0n) is 11.0. The first-order chi connectivity index (χ1) is 8.75. The van der Waals surface area contributed by atoms with Gasteiger partial charge in [0.2, 0.25) is 5.78 Å². The third-order valence-electron chi connectivity index (χ3n) is 3.70. The number of ether oxygens (including phenoxy) is 3. The van der Waals surface area contributed by atoms with E-state index in [0.29, 0.717) is 0 Å². The van der Waals surface area contributed by atoms with E-state index in [1.54, 1.807) is 0 Å². The Labute approximate surface area is 109 Å². The van der Waals surface area contributed by atoms with E-state index < -0.39 is 40.6 Å². The lowest BCUT2D eigenvalue weighted by Gasteiger charge is -2.47. The van der Waals surface area contributed by atoms with Gasteiger partial charge >= 0.3 is 11.9 Å². The molecule has 0 aromatic rings. The average Bonchev–Trinajstić information content (AvgIpc) is 2.52. The molecule has 2 rings (SSSR count). The van der Waals surface area contributed by atoms with Gasteiger partial charge in [0.1, 0.15) is 11.7 Å². The van der Waals surface area contributed by atoms with Crippen LogP contribution >= 0.6 is 0 Å². The van der Waals surface area contributed by atoms with Gasteiger partial charge in [-0.1, -0.05) is 0 Å². The van der Waals surface area contributed by atoms with Crippen molar-refractivity contribution < 1.29 is 33.7 Å². The summed E-state index contributed by atoms with van der Waals surface area (Å²) in [7, 11) is 2.22. The minimum absolute atomic E-state index is 0.179. The Balaban J connectivity index is 2.65. The summed E-state index contributed by atoms with van der Waals surface area (Å²) in [5, 5.41) is 10.5. The molecule has 0 aromatic carbocycles. The summed E-state index contributed by atoms with van der Waals surface area (Å²) in [4.78, 5) is 35.5. The minimum Gasteiger partial charge on any atom is -0.466 e. The molecule has 1 fully saturated rings. The van der Waals surface area contributed by atoms with Crippen molar-refractivity contribution in [2.45, 2.75) is 31.2 Å². The first-order valence-electron chi connectivity index (χ1n) is 5.62. The standard InChI is InChI=1S/C12H14O7/c1-5-8(13)12(16)7(10(15)18-4)6(9(14)17-3)11(12,2)19-5/h5,16H,1-4H3/t5?,11-,12+/m1/s1. The van der Waals surface area contributed by atoms with E-state index in [9.17, 15) is 19.5 Å². The Kier molecular flexibility index (Phi) is 2.80. The summed E-state index contributed by atoms with van der Waals surface area (Å²) >= 11 is 0. The second-order valence-corrected chi connectivity index (χ2v) is 4.60. The van der Waals surface area contributed by atoms with Crippen molar-refractivity contribution in [1.29, 1.82) is 0 Å². The maximum atomic E-state index is 12.0. The van der Waals surface area contributed by atoms with Gasteiger partial charge in [-0.2, -0.15) is 0 Å². The van der Waals surface area contributed by atoms with Crippen molar-refractivity contribution in [3.8, 4) is 0 Å². The van der Waals surface area contributed by atoms with Crippen LogP contribution in [-0.2, 0) is 28.6 Å². The molecule has 1 N–H and O–H groups in total. The number of carbonyl (C=O) groups is 3. The highest BCUT2D eigenvalue weighted by molar-refractivity contribution is 6.18. The monoisotopic (exact) mass is 270 g/mol. The van der Waals surface area contributed by atoms with Crippen molar-refractivity contribution in [3.05, 3.63) is 11.1 Å². The second-order valence-electron chi connectivity index (χ2n) is 4.60. The normalized spacial score (nSPS) is 36.7. The smallest absolute Gasteiger partial charge is 0.337 e. The number of aliphatic hydroxyl groups is 1. The molecule has 0 bridgehead atoms. The summed E-state index contributed by atoms with van der Waals surface area (Å²) in [6.45, 7) is 2.81. The van der Waals surface area contributed by atoms with Crippen molar-refractivity contribution in [1.82, 2.24) is 0 Å². The number of Topliss-reactive ketones (excluding diaryl/α,β-unsaturated/α-hetero) is 1. The van der Waals surface area contributed by atoms with Crippen molar-refractivity contribution >= 4 is 17.7 Å². The van der Waals surface area contributed by atoms with E-state index in [4.69, 9.17) is 4.74 Å². The van der Waals surface area contributed by atoms with Crippen LogP contribution in [0.25, 0.3) is 0 Å². The van der Waals surface area contributed by atoms with Gasteiger partial charge in [-0.05, 0) is 13.8 Å². The van der Waals surface area contributed by atoms with Gasteiger partial charge < -0.3 is 19.3 Å². The third kappa shape index (κ3) is 1.31. The molecule has 0 saturated carbocycles. The van der Waals surface area contributed by atoms with Crippen LogP contribution in [0.1, 0.15) is 13.8 Å².